The van der Waals surface area contributed by atoms with Crippen molar-refractivity contribution < 1.29 is 23.4 Å². The molecule has 1 saturated heterocycles. The lowest BCUT2D eigenvalue weighted by molar-refractivity contribution is 0.0696. The van der Waals surface area contributed by atoms with Crippen molar-refractivity contribution in [2.24, 2.45) is 0 Å². The molecule has 0 amide bonds. The first-order chi connectivity index (χ1) is 8.82. The fourth-order valence-corrected chi connectivity index (χ4v) is 4.35. The molecule has 0 unspecified atom stereocenters. The predicted molar refractivity (Wildman–Crippen MR) is 70.5 cm³/mol. The molecule has 2 rings (SSSR count). The third-order valence-corrected chi connectivity index (χ3v) is 5.78. The average molecular weight is 350 g/mol. The van der Waals surface area contributed by atoms with Gasteiger partial charge in [0, 0.05) is 17.6 Å². The number of benzene rings is 1. The molecule has 0 aliphatic carbocycles. The van der Waals surface area contributed by atoms with Crippen LogP contribution in [0.5, 0.6) is 0 Å². The van der Waals surface area contributed by atoms with Crippen LogP contribution in [0.1, 0.15) is 16.8 Å². The van der Waals surface area contributed by atoms with Crippen LogP contribution in [0, 0.1) is 0 Å². The first-order valence-corrected chi connectivity index (χ1v) is 7.76. The van der Waals surface area contributed by atoms with E-state index in [0.29, 0.717) is 10.9 Å². The highest BCUT2D eigenvalue weighted by Crippen LogP contribution is 2.28. The molecule has 104 valence electrons. The molecule has 1 aliphatic heterocycles. The molecule has 0 spiro atoms. The molecule has 0 aromatic heterocycles. The van der Waals surface area contributed by atoms with Gasteiger partial charge in [0.05, 0.1) is 16.6 Å². The summed E-state index contributed by atoms with van der Waals surface area (Å²) < 4.78 is 26.2. The van der Waals surface area contributed by atoms with Gasteiger partial charge in [-0.05, 0) is 40.5 Å². The molecule has 0 bridgehead atoms. The second-order valence-corrected chi connectivity index (χ2v) is 7.02. The van der Waals surface area contributed by atoms with Crippen molar-refractivity contribution in [2.45, 2.75) is 17.4 Å². The van der Waals surface area contributed by atoms with Crippen LogP contribution in [0.4, 0.5) is 0 Å². The molecule has 1 heterocycles. The number of aromatic carboxylic acids is 1. The third-order valence-electron chi connectivity index (χ3n) is 2.92. The Bertz CT molecular complexity index is 616. The maximum atomic E-state index is 12.4. The quantitative estimate of drug-likeness (QED) is 0.845. The highest BCUT2D eigenvalue weighted by atomic mass is 79.9. The summed E-state index contributed by atoms with van der Waals surface area (Å²) in [5.41, 5.74) is -0.0958. The number of carboxylic acid groups (broad SMARTS) is 1. The van der Waals surface area contributed by atoms with Crippen molar-refractivity contribution in [1.82, 2.24) is 4.31 Å². The Balaban J connectivity index is 2.45. The van der Waals surface area contributed by atoms with Gasteiger partial charge >= 0.3 is 5.97 Å². The van der Waals surface area contributed by atoms with Crippen molar-refractivity contribution in [1.29, 1.82) is 0 Å². The number of aliphatic hydroxyl groups excluding tert-OH is 1. The van der Waals surface area contributed by atoms with E-state index in [1.165, 1.54) is 12.1 Å². The first kappa shape index (κ1) is 14.4. The van der Waals surface area contributed by atoms with Crippen LogP contribution in [0.15, 0.2) is 27.6 Å². The Labute approximate surface area is 118 Å². The monoisotopic (exact) mass is 349 g/mol. The number of aliphatic hydroxyl groups is 1. The molecule has 6 nitrogen and oxygen atoms in total. The molecule has 8 heteroatoms. The summed E-state index contributed by atoms with van der Waals surface area (Å²) in [6, 6.07) is 3.83. The van der Waals surface area contributed by atoms with E-state index >= 15 is 0 Å². The van der Waals surface area contributed by atoms with Gasteiger partial charge in [0.1, 0.15) is 0 Å². The minimum atomic E-state index is -3.80. The fraction of sp³-hybridized carbons (Fsp3) is 0.364. The van der Waals surface area contributed by atoms with E-state index in [0.717, 1.165) is 10.4 Å². The molecular weight excluding hydrogens is 338 g/mol. The second kappa shape index (κ2) is 5.20. The highest BCUT2D eigenvalue weighted by Gasteiger charge is 2.33. The van der Waals surface area contributed by atoms with Gasteiger partial charge in [0.25, 0.3) is 0 Å². The summed E-state index contributed by atoms with van der Waals surface area (Å²) in [5.74, 6) is -1.19. The smallest absolute Gasteiger partial charge is 0.335 e. The minimum absolute atomic E-state index is 0.0338. The van der Waals surface area contributed by atoms with Crippen LogP contribution in [-0.2, 0) is 10.0 Å². The molecule has 1 atom stereocenters. The lowest BCUT2D eigenvalue weighted by Gasteiger charge is -2.17. The van der Waals surface area contributed by atoms with E-state index in [4.69, 9.17) is 5.11 Å². The number of β-amino-alcohol motifs (C(OH)–C–C–N with tert-alkyl or cyclic N) is 1. The van der Waals surface area contributed by atoms with Gasteiger partial charge in [-0.2, -0.15) is 4.31 Å². The summed E-state index contributed by atoms with van der Waals surface area (Å²) in [6.07, 6.45) is -0.286. The van der Waals surface area contributed by atoms with Crippen molar-refractivity contribution in [3.05, 3.63) is 28.2 Å². The summed E-state index contributed by atoms with van der Waals surface area (Å²) in [5, 5.41) is 18.3. The summed E-state index contributed by atoms with van der Waals surface area (Å²) in [7, 11) is -3.80. The van der Waals surface area contributed by atoms with E-state index in [1.54, 1.807) is 0 Å². The molecule has 1 fully saturated rings. The van der Waals surface area contributed by atoms with E-state index < -0.39 is 22.1 Å². The fourth-order valence-electron chi connectivity index (χ4n) is 1.90. The van der Waals surface area contributed by atoms with E-state index in [9.17, 15) is 18.3 Å². The maximum Gasteiger partial charge on any atom is 0.335 e. The van der Waals surface area contributed by atoms with Crippen molar-refractivity contribution in [3.63, 3.8) is 0 Å². The van der Waals surface area contributed by atoms with Crippen LogP contribution in [0.2, 0.25) is 0 Å². The number of rotatable bonds is 3. The molecule has 0 saturated carbocycles. The van der Waals surface area contributed by atoms with Gasteiger partial charge in [0.2, 0.25) is 10.0 Å². The number of carboxylic acids is 1. The van der Waals surface area contributed by atoms with Gasteiger partial charge in [-0.3, -0.25) is 0 Å². The summed E-state index contributed by atoms with van der Waals surface area (Å²) in [4.78, 5) is 10.8. The predicted octanol–water partition coefficient (Wildman–Crippen LogP) is 0.903. The Morgan fingerprint density at radius 3 is 2.63 bits per heavy atom. The zero-order valence-corrected chi connectivity index (χ0v) is 12.2. The van der Waals surface area contributed by atoms with E-state index in [-0.39, 0.29) is 23.5 Å². The largest absolute Gasteiger partial charge is 0.478 e. The van der Waals surface area contributed by atoms with Crippen molar-refractivity contribution in [3.8, 4) is 0 Å². The molecule has 1 aromatic carbocycles. The van der Waals surface area contributed by atoms with Gasteiger partial charge in [0.15, 0.2) is 0 Å². The minimum Gasteiger partial charge on any atom is -0.478 e. The van der Waals surface area contributed by atoms with Crippen LogP contribution < -0.4 is 0 Å². The lowest BCUT2D eigenvalue weighted by atomic mass is 10.2. The van der Waals surface area contributed by atoms with Crippen LogP contribution in [0.25, 0.3) is 0 Å². The van der Waals surface area contributed by atoms with Gasteiger partial charge in [-0.25, -0.2) is 13.2 Å². The topological polar surface area (TPSA) is 94.9 Å². The van der Waals surface area contributed by atoms with E-state index in [1.807, 2.05) is 0 Å². The molecular formula is C11H12BrNO5S. The zero-order chi connectivity index (χ0) is 14.2. The third kappa shape index (κ3) is 2.81. The molecule has 1 aromatic rings. The number of hydrogen-bond acceptors (Lipinski definition) is 4. The summed E-state index contributed by atoms with van der Waals surface area (Å²) in [6.45, 7) is 0.263. The number of sulfonamides is 1. The van der Waals surface area contributed by atoms with Gasteiger partial charge < -0.3 is 10.2 Å². The molecule has 2 N–H and O–H groups in total. The van der Waals surface area contributed by atoms with Crippen molar-refractivity contribution in [2.75, 3.05) is 13.1 Å². The first-order valence-electron chi connectivity index (χ1n) is 5.53. The average Bonchev–Trinajstić information content (AvgIpc) is 2.76. The summed E-state index contributed by atoms with van der Waals surface area (Å²) >= 11 is 3.12. The Morgan fingerprint density at radius 1 is 1.42 bits per heavy atom. The highest BCUT2D eigenvalue weighted by molar-refractivity contribution is 9.10. The number of nitrogens with zero attached hydrogens (tertiary/aromatic N) is 1. The Morgan fingerprint density at radius 2 is 2.11 bits per heavy atom. The Kier molecular flexibility index (Phi) is 3.95. The molecule has 1 aliphatic rings. The normalized spacial score (nSPS) is 20.6. The molecule has 0 radical (unpaired) electrons. The second-order valence-electron chi connectivity index (χ2n) is 4.26. The number of carbonyl (C=O) groups is 1. The van der Waals surface area contributed by atoms with Crippen molar-refractivity contribution >= 4 is 31.9 Å². The molecule has 19 heavy (non-hydrogen) atoms. The van der Waals surface area contributed by atoms with Crippen LogP contribution in [-0.4, -0.2) is 48.1 Å². The van der Waals surface area contributed by atoms with Crippen LogP contribution in [0.3, 0.4) is 0 Å². The Hall–Kier alpha value is -0.960. The van der Waals surface area contributed by atoms with Crippen LogP contribution >= 0.6 is 15.9 Å². The van der Waals surface area contributed by atoms with Gasteiger partial charge in [-0.1, -0.05) is 0 Å². The maximum absolute atomic E-state index is 12.4. The van der Waals surface area contributed by atoms with E-state index in [2.05, 4.69) is 15.9 Å². The standard InChI is InChI=1S/C11H12BrNO5S/c12-9-2-1-7(11(15)16)5-10(9)19(17,18)13-4-3-8(14)6-13/h1-2,5,8,14H,3-4,6H2,(H,15,16)/t8-/m1/s1. The SMILES string of the molecule is O=C(O)c1ccc(Br)c(S(=O)(=O)N2CC[C@@H](O)C2)c1. The zero-order valence-electron chi connectivity index (χ0n) is 9.78. The lowest BCUT2D eigenvalue weighted by Crippen LogP contribution is -2.30. The van der Waals surface area contributed by atoms with Gasteiger partial charge in [-0.15, -0.1) is 0 Å². The number of halogens is 1. The number of hydrogen-bond donors (Lipinski definition) is 2.